The lowest BCUT2D eigenvalue weighted by Crippen LogP contribution is -2.13. The number of hydrogen-bond donors (Lipinski definition) is 1. The van der Waals surface area contributed by atoms with Gasteiger partial charge in [-0.05, 0) is 50.6 Å². The SMILES string of the molecule is Cc1ccc(Cn2nc(C)c(NC(=O)c3cc(-c4ccc(Cl)cc4)on3)c2C)cc1. The van der Waals surface area contributed by atoms with Crippen LogP contribution < -0.4 is 5.32 Å². The van der Waals surface area contributed by atoms with E-state index in [-0.39, 0.29) is 11.6 Å². The minimum atomic E-state index is -0.347. The van der Waals surface area contributed by atoms with Gasteiger partial charge in [0.25, 0.3) is 5.91 Å². The summed E-state index contributed by atoms with van der Waals surface area (Å²) >= 11 is 5.92. The molecule has 0 atom stereocenters. The predicted octanol–water partition coefficient (Wildman–Crippen LogP) is 5.42. The normalized spacial score (nSPS) is 10.9. The Bertz CT molecular complexity index is 1190. The van der Waals surface area contributed by atoms with E-state index in [4.69, 9.17) is 16.1 Å². The number of aryl methyl sites for hydroxylation is 2. The molecular formula is C23H21ClN4O2. The molecule has 152 valence electrons. The van der Waals surface area contributed by atoms with E-state index in [9.17, 15) is 4.79 Å². The molecule has 1 N–H and O–H groups in total. The van der Waals surface area contributed by atoms with E-state index in [0.717, 1.165) is 22.5 Å². The van der Waals surface area contributed by atoms with Crippen LogP contribution in [0.4, 0.5) is 5.69 Å². The smallest absolute Gasteiger partial charge is 0.277 e. The lowest BCUT2D eigenvalue weighted by molar-refractivity contribution is 0.101. The molecule has 0 aliphatic carbocycles. The second-order valence-electron chi connectivity index (χ2n) is 7.23. The summed E-state index contributed by atoms with van der Waals surface area (Å²) in [5.41, 5.74) is 5.66. The molecule has 0 aliphatic heterocycles. The number of aromatic nitrogens is 3. The standard InChI is InChI=1S/C23H21ClN4O2/c1-14-4-6-17(7-5-14)13-28-16(3)22(15(2)26-28)25-23(29)20-12-21(30-27-20)18-8-10-19(24)11-9-18/h4-12H,13H2,1-3H3,(H,25,29). The maximum atomic E-state index is 12.7. The van der Waals surface area contributed by atoms with Crippen LogP contribution in [0.5, 0.6) is 0 Å². The molecule has 4 aromatic rings. The maximum absolute atomic E-state index is 12.7. The lowest BCUT2D eigenvalue weighted by atomic mass is 10.1. The molecule has 30 heavy (non-hydrogen) atoms. The fraction of sp³-hybridized carbons (Fsp3) is 0.174. The molecule has 0 fully saturated rings. The average molecular weight is 421 g/mol. The Kier molecular flexibility index (Phi) is 5.42. The Hall–Kier alpha value is -3.38. The molecule has 1 amide bonds. The van der Waals surface area contributed by atoms with Crippen molar-refractivity contribution in [1.29, 1.82) is 0 Å². The van der Waals surface area contributed by atoms with Crippen molar-refractivity contribution >= 4 is 23.2 Å². The average Bonchev–Trinajstić information content (AvgIpc) is 3.32. The van der Waals surface area contributed by atoms with Crippen molar-refractivity contribution in [3.8, 4) is 11.3 Å². The van der Waals surface area contributed by atoms with E-state index in [1.807, 2.05) is 30.7 Å². The van der Waals surface area contributed by atoms with E-state index >= 15 is 0 Å². The molecule has 4 rings (SSSR count). The number of halogens is 1. The first-order valence-electron chi connectivity index (χ1n) is 9.54. The van der Waals surface area contributed by atoms with Gasteiger partial charge < -0.3 is 9.84 Å². The van der Waals surface area contributed by atoms with Crippen LogP contribution in [-0.4, -0.2) is 20.8 Å². The number of hydrogen-bond acceptors (Lipinski definition) is 4. The minimum Gasteiger partial charge on any atom is -0.355 e. The van der Waals surface area contributed by atoms with Crippen LogP contribution in [0.1, 0.15) is 33.0 Å². The summed E-state index contributed by atoms with van der Waals surface area (Å²) < 4.78 is 7.22. The number of benzene rings is 2. The highest BCUT2D eigenvalue weighted by Crippen LogP contribution is 2.24. The van der Waals surface area contributed by atoms with Crippen molar-refractivity contribution < 1.29 is 9.32 Å². The van der Waals surface area contributed by atoms with Gasteiger partial charge >= 0.3 is 0 Å². The first-order valence-corrected chi connectivity index (χ1v) is 9.92. The molecule has 0 radical (unpaired) electrons. The van der Waals surface area contributed by atoms with Gasteiger partial charge in [-0.1, -0.05) is 46.6 Å². The summed E-state index contributed by atoms with van der Waals surface area (Å²) in [6, 6.07) is 17.1. The largest absolute Gasteiger partial charge is 0.355 e. The summed E-state index contributed by atoms with van der Waals surface area (Å²) in [5.74, 6) is 0.153. The van der Waals surface area contributed by atoms with Crippen LogP contribution in [-0.2, 0) is 6.54 Å². The van der Waals surface area contributed by atoms with Crippen molar-refractivity contribution in [2.24, 2.45) is 0 Å². The van der Waals surface area contributed by atoms with Gasteiger partial charge in [-0.15, -0.1) is 0 Å². The Morgan fingerprint density at radius 3 is 2.47 bits per heavy atom. The summed E-state index contributed by atoms with van der Waals surface area (Å²) in [6.07, 6.45) is 0. The van der Waals surface area contributed by atoms with Crippen LogP contribution >= 0.6 is 11.6 Å². The maximum Gasteiger partial charge on any atom is 0.277 e. The summed E-state index contributed by atoms with van der Waals surface area (Å²) in [7, 11) is 0. The minimum absolute atomic E-state index is 0.199. The highest BCUT2D eigenvalue weighted by molar-refractivity contribution is 6.30. The van der Waals surface area contributed by atoms with Crippen LogP contribution in [0.15, 0.2) is 59.1 Å². The fourth-order valence-corrected chi connectivity index (χ4v) is 3.33. The van der Waals surface area contributed by atoms with Gasteiger partial charge in [0.1, 0.15) is 0 Å². The van der Waals surface area contributed by atoms with Crippen LogP contribution in [0.25, 0.3) is 11.3 Å². The van der Waals surface area contributed by atoms with Gasteiger partial charge in [0.15, 0.2) is 11.5 Å². The molecule has 7 heteroatoms. The highest BCUT2D eigenvalue weighted by atomic mass is 35.5. The predicted molar refractivity (Wildman–Crippen MR) is 117 cm³/mol. The Balaban J connectivity index is 1.51. The van der Waals surface area contributed by atoms with Crippen molar-refractivity contribution in [2.45, 2.75) is 27.3 Å². The third-order valence-corrected chi connectivity index (χ3v) is 5.20. The topological polar surface area (TPSA) is 73.0 Å². The Morgan fingerprint density at radius 1 is 1.07 bits per heavy atom. The number of anilines is 1. The van der Waals surface area contributed by atoms with Gasteiger partial charge in [0.2, 0.25) is 0 Å². The number of amides is 1. The van der Waals surface area contributed by atoms with Crippen molar-refractivity contribution in [2.75, 3.05) is 5.32 Å². The molecule has 0 aliphatic rings. The first-order chi connectivity index (χ1) is 14.4. The molecule has 6 nitrogen and oxygen atoms in total. The van der Waals surface area contributed by atoms with Gasteiger partial charge in [0, 0.05) is 16.7 Å². The Morgan fingerprint density at radius 2 is 1.77 bits per heavy atom. The number of nitrogens with zero attached hydrogens (tertiary/aromatic N) is 3. The third kappa shape index (κ3) is 4.14. The molecule has 0 saturated heterocycles. The molecule has 2 aromatic carbocycles. The number of carbonyl (C=O) groups excluding carboxylic acids is 1. The zero-order valence-electron chi connectivity index (χ0n) is 16.9. The second-order valence-corrected chi connectivity index (χ2v) is 7.66. The summed E-state index contributed by atoms with van der Waals surface area (Å²) in [5, 5.41) is 12.0. The van der Waals surface area contributed by atoms with E-state index in [1.54, 1.807) is 18.2 Å². The van der Waals surface area contributed by atoms with E-state index in [2.05, 4.69) is 46.8 Å². The third-order valence-electron chi connectivity index (χ3n) is 4.94. The molecule has 2 aromatic heterocycles. The molecule has 0 unspecified atom stereocenters. The zero-order chi connectivity index (χ0) is 21.3. The highest BCUT2D eigenvalue weighted by Gasteiger charge is 2.19. The van der Waals surface area contributed by atoms with E-state index < -0.39 is 0 Å². The fourth-order valence-electron chi connectivity index (χ4n) is 3.21. The van der Waals surface area contributed by atoms with Gasteiger partial charge in [-0.3, -0.25) is 9.48 Å². The van der Waals surface area contributed by atoms with Crippen molar-refractivity contribution in [3.63, 3.8) is 0 Å². The van der Waals surface area contributed by atoms with Crippen molar-refractivity contribution in [1.82, 2.24) is 14.9 Å². The van der Waals surface area contributed by atoms with Crippen molar-refractivity contribution in [3.05, 3.63) is 87.8 Å². The monoisotopic (exact) mass is 420 g/mol. The number of nitrogens with one attached hydrogen (secondary N) is 1. The lowest BCUT2D eigenvalue weighted by Gasteiger charge is -2.07. The molecule has 0 spiro atoms. The van der Waals surface area contributed by atoms with Crippen LogP contribution in [0, 0.1) is 20.8 Å². The number of carbonyl (C=O) groups is 1. The summed E-state index contributed by atoms with van der Waals surface area (Å²) in [4.78, 5) is 12.7. The Labute approximate surface area is 179 Å². The van der Waals surface area contributed by atoms with E-state index in [1.165, 1.54) is 5.56 Å². The van der Waals surface area contributed by atoms with Gasteiger partial charge in [-0.25, -0.2) is 0 Å². The van der Waals surface area contributed by atoms with Crippen LogP contribution in [0.3, 0.4) is 0 Å². The molecule has 0 bridgehead atoms. The van der Waals surface area contributed by atoms with Crippen LogP contribution in [0.2, 0.25) is 5.02 Å². The molecular weight excluding hydrogens is 400 g/mol. The molecule has 0 saturated carbocycles. The zero-order valence-corrected chi connectivity index (χ0v) is 17.7. The first kappa shape index (κ1) is 19.9. The summed E-state index contributed by atoms with van der Waals surface area (Å²) in [6.45, 7) is 6.50. The second kappa shape index (κ2) is 8.16. The van der Waals surface area contributed by atoms with E-state index in [0.29, 0.717) is 23.0 Å². The number of rotatable bonds is 5. The van der Waals surface area contributed by atoms with Gasteiger partial charge in [0.05, 0.1) is 23.6 Å². The van der Waals surface area contributed by atoms with Gasteiger partial charge in [-0.2, -0.15) is 5.10 Å². The molecule has 2 heterocycles. The quantitative estimate of drug-likeness (QED) is 0.468.